The fraction of sp³-hybridized carbons (Fsp3) is 0.227. The molecule has 0 spiro atoms. The molecule has 0 bridgehead atoms. The fourth-order valence-corrected chi connectivity index (χ4v) is 3.91. The van der Waals surface area contributed by atoms with Gasteiger partial charge in [-0.05, 0) is 52.7 Å². The minimum absolute atomic E-state index is 0.163. The highest BCUT2D eigenvalue weighted by Crippen LogP contribution is 2.40. The van der Waals surface area contributed by atoms with Crippen molar-refractivity contribution in [2.24, 2.45) is 0 Å². The number of nitrogens with one attached hydrogen (secondary N) is 3. The predicted octanol–water partition coefficient (Wildman–Crippen LogP) is 3.64. The van der Waals surface area contributed by atoms with Gasteiger partial charge in [0.05, 0.1) is 36.0 Å². The van der Waals surface area contributed by atoms with Gasteiger partial charge in [0.25, 0.3) is 5.91 Å². The second-order valence-corrected chi connectivity index (χ2v) is 7.56. The van der Waals surface area contributed by atoms with Crippen molar-refractivity contribution in [3.05, 3.63) is 57.7 Å². The van der Waals surface area contributed by atoms with Gasteiger partial charge < -0.3 is 30.2 Å². The number of ether oxygens (including phenoxy) is 3. The number of allylic oxidation sites excluding steroid dienone is 1. The number of hydrogen-bond donors (Lipinski definition) is 3. The first-order valence-corrected chi connectivity index (χ1v) is 10.3. The van der Waals surface area contributed by atoms with Gasteiger partial charge in [0.2, 0.25) is 0 Å². The largest absolute Gasteiger partial charge is 0.495 e. The molecule has 0 aromatic heterocycles. The lowest BCUT2D eigenvalue weighted by Crippen LogP contribution is -2.46. The van der Waals surface area contributed by atoms with E-state index in [1.165, 1.54) is 14.2 Å². The average molecular weight is 501 g/mol. The van der Waals surface area contributed by atoms with Crippen molar-refractivity contribution in [1.82, 2.24) is 10.6 Å². The molecule has 3 rings (SSSR count). The first kappa shape index (κ1) is 23.0. The van der Waals surface area contributed by atoms with Crippen molar-refractivity contribution in [2.45, 2.75) is 13.0 Å². The van der Waals surface area contributed by atoms with E-state index >= 15 is 0 Å². The summed E-state index contributed by atoms with van der Waals surface area (Å²) in [5, 5.41) is 17.1. The van der Waals surface area contributed by atoms with Crippen LogP contribution in [0.2, 0.25) is 0 Å². The summed E-state index contributed by atoms with van der Waals surface area (Å²) in [6, 6.07) is 11.1. The fourth-order valence-electron chi connectivity index (χ4n) is 3.33. The number of para-hydroxylation sites is 2. The number of hydrogen-bond acceptors (Lipinski definition) is 6. The van der Waals surface area contributed by atoms with Gasteiger partial charge in [-0.3, -0.25) is 4.79 Å². The Balaban J connectivity index is 2.02. The molecule has 0 aliphatic carbocycles. The molecule has 0 fully saturated rings. The van der Waals surface area contributed by atoms with E-state index in [0.717, 1.165) is 0 Å². The molecule has 10 heteroatoms. The summed E-state index contributed by atoms with van der Waals surface area (Å²) >= 11 is 3.42. The zero-order valence-corrected chi connectivity index (χ0v) is 19.2. The van der Waals surface area contributed by atoms with Gasteiger partial charge >= 0.3 is 6.03 Å². The lowest BCUT2D eigenvalue weighted by Gasteiger charge is -2.29. The van der Waals surface area contributed by atoms with Crippen LogP contribution in [-0.2, 0) is 4.79 Å². The van der Waals surface area contributed by atoms with Crippen molar-refractivity contribution >= 4 is 33.6 Å². The van der Waals surface area contributed by atoms with Crippen LogP contribution in [0.3, 0.4) is 0 Å². The Morgan fingerprint density at radius 2 is 1.94 bits per heavy atom. The van der Waals surface area contributed by atoms with Crippen molar-refractivity contribution < 1.29 is 23.8 Å². The van der Waals surface area contributed by atoms with Gasteiger partial charge in [0.15, 0.2) is 18.1 Å². The number of nitrogens with zero attached hydrogens (tertiary/aromatic N) is 1. The molecular weight excluding hydrogens is 480 g/mol. The third kappa shape index (κ3) is 4.78. The van der Waals surface area contributed by atoms with E-state index in [4.69, 9.17) is 19.5 Å². The minimum Gasteiger partial charge on any atom is -0.495 e. The maximum Gasteiger partial charge on any atom is 0.319 e. The van der Waals surface area contributed by atoms with Crippen molar-refractivity contribution in [3.8, 4) is 23.3 Å². The van der Waals surface area contributed by atoms with Gasteiger partial charge in [-0.1, -0.05) is 12.1 Å². The summed E-state index contributed by atoms with van der Waals surface area (Å²) in [6.07, 6.45) is 0. The van der Waals surface area contributed by atoms with E-state index in [1.54, 1.807) is 43.3 Å². The van der Waals surface area contributed by atoms with Crippen LogP contribution in [0.25, 0.3) is 0 Å². The van der Waals surface area contributed by atoms with Crippen molar-refractivity contribution in [1.29, 1.82) is 5.26 Å². The monoisotopic (exact) mass is 500 g/mol. The number of rotatable bonds is 7. The van der Waals surface area contributed by atoms with Crippen LogP contribution in [0.4, 0.5) is 10.5 Å². The van der Waals surface area contributed by atoms with E-state index in [0.29, 0.717) is 44.2 Å². The number of nitriles is 1. The average Bonchev–Trinajstić information content (AvgIpc) is 2.77. The molecule has 1 aliphatic rings. The van der Waals surface area contributed by atoms with Crippen LogP contribution in [0.5, 0.6) is 17.2 Å². The van der Waals surface area contributed by atoms with Gasteiger partial charge in [-0.2, -0.15) is 5.26 Å². The number of halogens is 1. The standard InChI is InChI=1S/C22H21BrN4O5/c1-12-18(21(28)26-15-6-4-5-7-16(15)30-2)19(27-22(29)25-12)13-10-14(23)20(32-9-8-24)17(11-13)31-3/h4-7,10-11,19H,9H2,1-3H3,(H,26,28)(H2,25,27,29)/t19-/m0/s1. The molecule has 0 radical (unpaired) electrons. The molecule has 2 aromatic rings. The smallest absolute Gasteiger partial charge is 0.319 e. The van der Waals surface area contributed by atoms with Gasteiger partial charge in [-0.15, -0.1) is 0 Å². The van der Waals surface area contributed by atoms with E-state index in [2.05, 4.69) is 31.9 Å². The summed E-state index contributed by atoms with van der Waals surface area (Å²) in [4.78, 5) is 25.5. The number of benzene rings is 2. The summed E-state index contributed by atoms with van der Waals surface area (Å²) in [5.41, 5.74) is 1.80. The predicted molar refractivity (Wildman–Crippen MR) is 121 cm³/mol. The van der Waals surface area contributed by atoms with Crippen LogP contribution in [0, 0.1) is 11.3 Å². The molecule has 0 unspecified atom stereocenters. The Labute approximate surface area is 193 Å². The van der Waals surface area contributed by atoms with Crippen molar-refractivity contribution in [3.63, 3.8) is 0 Å². The zero-order valence-electron chi connectivity index (χ0n) is 17.6. The van der Waals surface area contributed by atoms with Crippen molar-refractivity contribution in [2.75, 3.05) is 26.1 Å². The van der Waals surface area contributed by atoms with E-state index in [1.807, 2.05) is 6.07 Å². The highest BCUT2D eigenvalue weighted by atomic mass is 79.9. The maximum absolute atomic E-state index is 13.3. The van der Waals surface area contributed by atoms with E-state index in [-0.39, 0.29) is 6.61 Å². The minimum atomic E-state index is -0.770. The second kappa shape index (κ2) is 10.1. The number of carbonyl (C=O) groups is 2. The van der Waals surface area contributed by atoms with Gasteiger partial charge in [0, 0.05) is 5.70 Å². The molecular formula is C22H21BrN4O5. The molecule has 1 aliphatic heterocycles. The highest BCUT2D eigenvalue weighted by Gasteiger charge is 2.32. The zero-order chi connectivity index (χ0) is 23.3. The van der Waals surface area contributed by atoms with Crippen LogP contribution in [-0.4, -0.2) is 32.8 Å². The summed E-state index contributed by atoms with van der Waals surface area (Å²) < 4.78 is 16.7. The molecule has 3 N–H and O–H groups in total. The molecule has 0 saturated heterocycles. The Hall–Kier alpha value is -3.71. The lowest BCUT2D eigenvalue weighted by atomic mass is 9.94. The molecule has 3 amide bonds. The molecule has 0 saturated carbocycles. The Bertz CT molecular complexity index is 1130. The number of urea groups is 1. The van der Waals surface area contributed by atoms with Crippen LogP contribution < -0.4 is 30.2 Å². The first-order chi connectivity index (χ1) is 15.4. The van der Waals surface area contributed by atoms with E-state index in [9.17, 15) is 9.59 Å². The lowest BCUT2D eigenvalue weighted by molar-refractivity contribution is -0.113. The Kier molecular flexibility index (Phi) is 7.22. The Morgan fingerprint density at radius 3 is 2.62 bits per heavy atom. The third-order valence-corrected chi connectivity index (χ3v) is 5.32. The number of anilines is 1. The van der Waals surface area contributed by atoms with E-state index < -0.39 is 18.0 Å². The maximum atomic E-state index is 13.3. The number of methoxy groups -OCH3 is 2. The topological polar surface area (TPSA) is 122 Å². The third-order valence-electron chi connectivity index (χ3n) is 4.74. The normalized spacial score (nSPS) is 15.2. The molecule has 9 nitrogen and oxygen atoms in total. The SMILES string of the molecule is COc1ccccc1NC(=O)C1=C(C)NC(=O)N[C@H]1c1cc(Br)c(OCC#N)c(OC)c1. The van der Waals surface area contributed by atoms with Gasteiger partial charge in [-0.25, -0.2) is 4.79 Å². The molecule has 1 atom stereocenters. The van der Waals surface area contributed by atoms with Gasteiger partial charge in [0.1, 0.15) is 11.8 Å². The highest BCUT2D eigenvalue weighted by molar-refractivity contribution is 9.10. The molecule has 2 aromatic carbocycles. The second-order valence-electron chi connectivity index (χ2n) is 6.71. The summed E-state index contributed by atoms with van der Waals surface area (Å²) in [7, 11) is 2.97. The molecule has 32 heavy (non-hydrogen) atoms. The molecule has 166 valence electrons. The van der Waals surface area contributed by atoms with Crippen LogP contribution in [0.15, 0.2) is 52.1 Å². The quantitative estimate of drug-likeness (QED) is 0.533. The Morgan fingerprint density at radius 1 is 1.22 bits per heavy atom. The first-order valence-electron chi connectivity index (χ1n) is 9.49. The van der Waals surface area contributed by atoms with Crippen LogP contribution in [0.1, 0.15) is 18.5 Å². The van der Waals surface area contributed by atoms with Crippen LogP contribution >= 0.6 is 15.9 Å². The number of carbonyl (C=O) groups excluding carboxylic acids is 2. The summed E-state index contributed by atoms with van der Waals surface area (Å²) in [6.45, 7) is 1.49. The number of amides is 3. The molecule has 1 heterocycles. The summed E-state index contributed by atoms with van der Waals surface area (Å²) in [5.74, 6) is 0.787.